The van der Waals surface area contributed by atoms with Crippen molar-refractivity contribution in [3.63, 3.8) is 0 Å². The molecule has 134 valence electrons. The minimum atomic E-state index is 0.584. The van der Waals surface area contributed by atoms with Crippen molar-refractivity contribution in [1.29, 1.82) is 0 Å². The number of hydrogen-bond acceptors (Lipinski definition) is 4. The van der Waals surface area contributed by atoms with Crippen molar-refractivity contribution in [3.05, 3.63) is 83.3 Å². The van der Waals surface area contributed by atoms with Gasteiger partial charge in [0, 0.05) is 5.39 Å². The second-order valence-corrected chi connectivity index (χ2v) is 6.83. The first kappa shape index (κ1) is 17.2. The number of para-hydroxylation sites is 4. The van der Waals surface area contributed by atoms with Crippen LogP contribution in [0.25, 0.3) is 10.8 Å². The van der Waals surface area contributed by atoms with Gasteiger partial charge in [-0.2, -0.15) is 0 Å². The Kier molecular flexibility index (Phi) is 4.60. The molecule has 0 aliphatic rings. The summed E-state index contributed by atoms with van der Waals surface area (Å²) < 4.78 is 12.8. The van der Waals surface area contributed by atoms with E-state index in [0.29, 0.717) is 34.4 Å². The fourth-order valence-corrected chi connectivity index (χ4v) is 3.33. The highest BCUT2D eigenvalue weighted by molar-refractivity contribution is 9.10. The van der Waals surface area contributed by atoms with Crippen molar-refractivity contribution in [1.82, 2.24) is 0 Å². The van der Waals surface area contributed by atoms with Gasteiger partial charge in [0.1, 0.15) is 23.0 Å². The molecular weight excluding hydrogens is 404 g/mol. The molecular formula is C22H17BrN2O2. The molecule has 0 fully saturated rings. The Labute approximate surface area is 165 Å². The van der Waals surface area contributed by atoms with E-state index in [9.17, 15) is 0 Å². The Morgan fingerprint density at radius 2 is 1.22 bits per heavy atom. The standard InChI is InChI=1S/C22H17BrN2O2/c23-22-16-13-15(26-19-7-3-1-5-17(19)24)11-9-14(16)10-12-21(22)27-20-8-4-2-6-18(20)25/h1-13H,24-25H2. The third-order valence-electron chi connectivity index (χ3n) is 4.18. The number of nitrogen functional groups attached to an aromatic ring is 2. The summed E-state index contributed by atoms with van der Waals surface area (Å²) in [6, 6.07) is 24.6. The zero-order valence-corrected chi connectivity index (χ0v) is 15.9. The summed E-state index contributed by atoms with van der Waals surface area (Å²) in [6.07, 6.45) is 0. The van der Waals surface area contributed by atoms with Crippen molar-refractivity contribution in [3.8, 4) is 23.0 Å². The molecule has 4 aromatic carbocycles. The van der Waals surface area contributed by atoms with Crippen LogP contribution in [-0.4, -0.2) is 0 Å². The molecule has 0 unspecified atom stereocenters. The highest BCUT2D eigenvalue weighted by Crippen LogP contribution is 2.39. The van der Waals surface area contributed by atoms with Crippen molar-refractivity contribution in [2.45, 2.75) is 0 Å². The summed E-state index contributed by atoms with van der Waals surface area (Å²) in [7, 11) is 0. The molecule has 0 spiro atoms. The fourth-order valence-electron chi connectivity index (χ4n) is 2.78. The largest absolute Gasteiger partial charge is 0.455 e. The number of rotatable bonds is 4. The fraction of sp³-hybridized carbons (Fsp3) is 0. The molecule has 4 rings (SSSR count). The van der Waals surface area contributed by atoms with Crippen LogP contribution in [0.5, 0.6) is 23.0 Å². The van der Waals surface area contributed by atoms with Gasteiger partial charge in [-0.05, 0) is 63.8 Å². The molecule has 4 aromatic rings. The van der Waals surface area contributed by atoms with Crippen LogP contribution in [-0.2, 0) is 0 Å². The van der Waals surface area contributed by atoms with Gasteiger partial charge in [0.2, 0.25) is 0 Å². The van der Waals surface area contributed by atoms with Crippen LogP contribution in [0.1, 0.15) is 0 Å². The Hall–Kier alpha value is -3.18. The van der Waals surface area contributed by atoms with E-state index in [2.05, 4.69) is 15.9 Å². The molecule has 0 heterocycles. The highest BCUT2D eigenvalue weighted by Gasteiger charge is 2.11. The van der Waals surface area contributed by atoms with E-state index in [1.807, 2.05) is 72.8 Å². The quantitative estimate of drug-likeness (QED) is 0.377. The smallest absolute Gasteiger partial charge is 0.150 e. The summed E-state index contributed by atoms with van der Waals surface area (Å²) in [5, 5.41) is 2.03. The Morgan fingerprint density at radius 1 is 0.630 bits per heavy atom. The summed E-state index contributed by atoms with van der Waals surface area (Å²) in [6.45, 7) is 0. The Bertz CT molecular complexity index is 1120. The molecule has 5 heteroatoms. The van der Waals surface area contributed by atoms with Gasteiger partial charge < -0.3 is 20.9 Å². The van der Waals surface area contributed by atoms with E-state index in [1.54, 1.807) is 6.07 Å². The third-order valence-corrected chi connectivity index (χ3v) is 5.00. The second kappa shape index (κ2) is 7.21. The van der Waals surface area contributed by atoms with E-state index >= 15 is 0 Å². The Balaban J connectivity index is 1.71. The summed E-state index contributed by atoms with van der Waals surface area (Å²) >= 11 is 3.65. The van der Waals surface area contributed by atoms with Crippen LogP contribution in [0.15, 0.2) is 83.3 Å². The van der Waals surface area contributed by atoms with Crippen LogP contribution in [0.4, 0.5) is 11.4 Å². The predicted octanol–water partition coefficient (Wildman–Crippen LogP) is 6.35. The van der Waals surface area contributed by atoms with Gasteiger partial charge in [-0.3, -0.25) is 0 Å². The predicted molar refractivity (Wildman–Crippen MR) is 114 cm³/mol. The third kappa shape index (κ3) is 3.55. The van der Waals surface area contributed by atoms with Gasteiger partial charge in [0.25, 0.3) is 0 Å². The maximum absolute atomic E-state index is 5.99. The van der Waals surface area contributed by atoms with Crippen LogP contribution < -0.4 is 20.9 Å². The lowest BCUT2D eigenvalue weighted by Gasteiger charge is -2.13. The van der Waals surface area contributed by atoms with Gasteiger partial charge in [0.15, 0.2) is 0 Å². The molecule has 0 saturated carbocycles. The minimum absolute atomic E-state index is 0.584. The maximum Gasteiger partial charge on any atom is 0.150 e. The number of anilines is 2. The molecule has 0 amide bonds. The molecule has 0 radical (unpaired) electrons. The molecule has 0 aliphatic heterocycles. The van der Waals surface area contributed by atoms with Crippen molar-refractivity contribution < 1.29 is 9.47 Å². The van der Waals surface area contributed by atoms with E-state index in [-0.39, 0.29) is 0 Å². The summed E-state index contributed by atoms with van der Waals surface area (Å²) in [4.78, 5) is 0. The van der Waals surface area contributed by atoms with E-state index in [4.69, 9.17) is 20.9 Å². The van der Waals surface area contributed by atoms with Gasteiger partial charge in [-0.15, -0.1) is 0 Å². The Morgan fingerprint density at radius 3 is 1.89 bits per heavy atom. The molecule has 0 atom stereocenters. The zero-order valence-electron chi connectivity index (χ0n) is 14.4. The first-order valence-corrected chi connectivity index (χ1v) is 9.18. The number of hydrogen-bond donors (Lipinski definition) is 2. The van der Waals surface area contributed by atoms with Crippen LogP contribution in [0, 0.1) is 0 Å². The highest BCUT2D eigenvalue weighted by atomic mass is 79.9. The van der Waals surface area contributed by atoms with Gasteiger partial charge in [0.05, 0.1) is 15.8 Å². The van der Waals surface area contributed by atoms with Gasteiger partial charge in [-0.1, -0.05) is 36.4 Å². The monoisotopic (exact) mass is 420 g/mol. The zero-order chi connectivity index (χ0) is 18.8. The van der Waals surface area contributed by atoms with E-state index in [0.717, 1.165) is 15.2 Å². The normalized spacial score (nSPS) is 10.7. The molecule has 0 bridgehead atoms. The topological polar surface area (TPSA) is 70.5 Å². The summed E-state index contributed by atoms with van der Waals surface area (Å²) in [5.41, 5.74) is 13.1. The van der Waals surface area contributed by atoms with Crippen LogP contribution >= 0.6 is 15.9 Å². The number of ether oxygens (including phenoxy) is 2. The lowest BCUT2D eigenvalue weighted by atomic mass is 10.1. The molecule has 0 saturated heterocycles. The molecule has 0 aliphatic carbocycles. The molecule has 27 heavy (non-hydrogen) atoms. The second-order valence-electron chi connectivity index (χ2n) is 6.04. The van der Waals surface area contributed by atoms with Gasteiger partial charge in [-0.25, -0.2) is 0 Å². The van der Waals surface area contributed by atoms with E-state index in [1.165, 1.54) is 0 Å². The first-order valence-electron chi connectivity index (χ1n) is 8.39. The average molecular weight is 421 g/mol. The van der Waals surface area contributed by atoms with Crippen molar-refractivity contribution in [2.24, 2.45) is 0 Å². The van der Waals surface area contributed by atoms with Crippen LogP contribution in [0.3, 0.4) is 0 Å². The minimum Gasteiger partial charge on any atom is -0.455 e. The molecule has 4 N–H and O–H groups in total. The number of benzene rings is 4. The maximum atomic E-state index is 5.99. The average Bonchev–Trinajstić information content (AvgIpc) is 2.68. The number of nitrogens with two attached hydrogens (primary N) is 2. The number of halogens is 1. The lowest BCUT2D eigenvalue weighted by Crippen LogP contribution is -1.93. The SMILES string of the molecule is Nc1ccccc1Oc1ccc2ccc(Oc3ccccc3N)c(Br)c2c1. The first-order chi connectivity index (χ1) is 13.1. The molecule has 0 aromatic heterocycles. The molecule has 4 nitrogen and oxygen atoms in total. The lowest BCUT2D eigenvalue weighted by molar-refractivity contribution is 0.482. The van der Waals surface area contributed by atoms with Gasteiger partial charge >= 0.3 is 0 Å². The van der Waals surface area contributed by atoms with E-state index < -0.39 is 0 Å². The number of fused-ring (bicyclic) bond motifs is 1. The van der Waals surface area contributed by atoms with Crippen molar-refractivity contribution in [2.75, 3.05) is 11.5 Å². The summed E-state index contributed by atoms with van der Waals surface area (Å²) in [5.74, 6) is 2.61. The van der Waals surface area contributed by atoms with Crippen molar-refractivity contribution >= 4 is 38.1 Å². The van der Waals surface area contributed by atoms with Crippen LogP contribution in [0.2, 0.25) is 0 Å².